The van der Waals surface area contributed by atoms with Crippen molar-refractivity contribution in [2.45, 2.75) is 32.1 Å². The van der Waals surface area contributed by atoms with Crippen molar-refractivity contribution in [2.24, 2.45) is 0 Å². The number of hydrogen-bond donors (Lipinski definition) is 2. The molecule has 5 heteroatoms. The van der Waals surface area contributed by atoms with E-state index < -0.39 is 5.41 Å². The van der Waals surface area contributed by atoms with E-state index in [2.05, 4.69) is 20.7 Å². The van der Waals surface area contributed by atoms with Gasteiger partial charge < -0.3 is 5.32 Å². The van der Waals surface area contributed by atoms with Gasteiger partial charge in [0.2, 0.25) is 5.91 Å². The topological polar surface area (TPSA) is 70.7 Å². The molecule has 3 rings (SSSR count). The number of nitrogens with zero attached hydrogens (tertiary/aromatic N) is 2. The number of fused-ring (bicyclic) bond motifs is 2. The molecule has 1 aliphatic heterocycles. The Hall–Kier alpha value is -1.91. The van der Waals surface area contributed by atoms with Gasteiger partial charge in [0.1, 0.15) is 5.52 Å². The maximum atomic E-state index is 12.2. The first kappa shape index (κ1) is 10.3. The first-order valence-electron chi connectivity index (χ1n) is 5.88. The van der Waals surface area contributed by atoms with Crippen molar-refractivity contribution in [3.63, 3.8) is 0 Å². The van der Waals surface area contributed by atoms with E-state index in [1.807, 2.05) is 26.0 Å². The molecule has 5 nitrogen and oxygen atoms in total. The summed E-state index contributed by atoms with van der Waals surface area (Å²) in [6, 6.07) is 3.88. The summed E-state index contributed by atoms with van der Waals surface area (Å²) < 4.78 is 0. The molecule has 0 aliphatic carbocycles. The summed E-state index contributed by atoms with van der Waals surface area (Å²) in [5.74, 6) is 0.0955. The van der Waals surface area contributed by atoms with Gasteiger partial charge in [-0.25, -0.2) is 0 Å². The van der Waals surface area contributed by atoms with Gasteiger partial charge in [-0.15, -0.1) is 5.10 Å². The molecule has 0 radical (unpaired) electrons. The van der Waals surface area contributed by atoms with Crippen LogP contribution in [-0.2, 0) is 10.2 Å². The molecule has 0 saturated heterocycles. The largest absolute Gasteiger partial charge is 0.325 e. The van der Waals surface area contributed by atoms with Crippen LogP contribution in [0.25, 0.3) is 11.0 Å². The number of benzene rings is 1. The Labute approximate surface area is 98.6 Å². The minimum atomic E-state index is -0.394. The zero-order valence-corrected chi connectivity index (χ0v) is 9.87. The molecule has 17 heavy (non-hydrogen) atoms. The standard InChI is InChI=1S/C12H14N4O/c1-3-12(4-2)7-5-9-10(15-16-14-9)6-8(7)13-11(12)17/h5-6H,3-4H2,1-2H3,(H,13,17)(H,14,15,16). The van der Waals surface area contributed by atoms with Crippen LogP contribution in [0.5, 0.6) is 0 Å². The minimum Gasteiger partial charge on any atom is -0.325 e. The van der Waals surface area contributed by atoms with Crippen LogP contribution in [-0.4, -0.2) is 21.3 Å². The molecule has 88 valence electrons. The lowest BCUT2D eigenvalue weighted by Crippen LogP contribution is -2.32. The summed E-state index contributed by atoms with van der Waals surface area (Å²) in [7, 11) is 0. The maximum Gasteiger partial charge on any atom is 0.235 e. The molecule has 1 aromatic carbocycles. The molecule has 0 atom stereocenters. The Kier molecular flexibility index (Phi) is 1.98. The van der Waals surface area contributed by atoms with Crippen molar-refractivity contribution < 1.29 is 4.79 Å². The summed E-state index contributed by atoms with van der Waals surface area (Å²) in [5, 5.41) is 13.5. The molecule has 1 amide bonds. The molecule has 0 unspecified atom stereocenters. The number of amides is 1. The molecule has 0 bridgehead atoms. The third-order valence-electron chi connectivity index (χ3n) is 3.87. The summed E-state index contributed by atoms with van der Waals surface area (Å²) in [5.41, 5.74) is 3.21. The van der Waals surface area contributed by atoms with Crippen molar-refractivity contribution >= 4 is 22.6 Å². The number of anilines is 1. The van der Waals surface area contributed by atoms with Crippen LogP contribution in [0.3, 0.4) is 0 Å². The average Bonchev–Trinajstić information content (AvgIpc) is 2.87. The molecule has 2 heterocycles. The van der Waals surface area contributed by atoms with E-state index in [1.165, 1.54) is 0 Å². The smallest absolute Gasteiger partial charge is 0.235 e. The highest BCUT2D eigenvalue weighted by atomic mass is 16.2. The fourth-order valence-electron chi connectivity index (χ4n) is 2.71. The number of H-pyrrole nitrogens is 1. The maximum absolute atomic E-state index is 12.2. The SMILES string of the molecule is CCC1(CC)C(=O)Nc2cc3nn[nH]c3cc21. The van der Waals surface area contributed by atoms with Crippen molar-refractivity contribution in [3.8, 4) is 0 Å². The molecule has 0 fully saturated rings. The van der Waals surface area contributed by atoms with E-state index in [0.717, 1.165) is 35.1 Å². The summed E-state index contributed by atoms with van der Waals surface area (Å²) in [4.78, 5) is 12.2. The predicted octanol–water partition coefficient (Wildman–Crippen LogP) is 1.97. The number of carbonyl (C=O) groups is 1. The van der Waals surface area contributed by atoms with E-state index in [9.17, 15) is 4.79 Å². The Balaban J connectivity index is 2.29. The van der Waals surface area contributed by atoms with E-state index in [0.29, 0.717) is 0 Å². The molecular weight excluding hydrogens is 216 g/mol. The second-order valence-corrected chi connectivity index (χ2v) is 4.47. The normalized spacial score (nSPS) is 17.2. The van der Waals surface area contributed by atoms with E-state index >= 15 is 0 Å². The molecule has 1 aliphatic rings. The lowest BCUT2D eigenvalue weighted by Gasteiger charge is -2.23. The zero-order chi connectivity index (χ0) is 12.0. The van der Waals surface area contributed by atoms with Crippen LogP contribution >= 0.6 is 0 Å². The monoisotopic (exact) mass is 230 g/mol. The number of hydrogen-bond acceptors (Lipinski definition) is 3. The van der Waals surface area contributed by atoms with Gasteiger partial charge in [0.05, 0.1) is 10.9 Å². The molecule has 0 spiro atoms. The summed E-state index contributed by atoms with van der Waals surface area (Å²) >= 11 is 0. The van der Waals surface area contributed by atoms with Crippen LogP contribution < -0.4 is 5.32 Å². The van der Waals surface area contributed by atoms with Gasteiger partial charge in [0, 0.05) is 5.69 Å². The Morgan fingerprint density at radius 3 is 2.76 bits per heavy atom. The van der Waals surface area contributed by atoms with Crippen molar-refractivity contribution in [3.05, 3.63) is 17.7 Å². The Morgan fingerprint density at radius 2 is 2.06 bits per heavy atom. The lowest BCUT2D eigenvalue weighted by atomic mass is 9.77. The first-order valence-corrected chi connectivity index (χ1v) is 5.88. The van der Waals surface area contributed by atoms with Gasteiger partial charge >= 0.3 is 0 Å². The average molecular weight is 230 g/mol. The highest BCUT2D eigenvalue weighted by molar-refractivity contribution is 6.08. The quantitative estimate of drug-likeness (QED) is 0.828. The third-order valence-corrected chi connectivity index (χ3v) is 3.87. The molecule has 0 saturated carbocycles. The van der Waals surface area contributed by atoms with Crippen molar-refractivity contribution in [2.75, 3.05) is 5.32 Å². The fraction of sp³-hybridized carbons (Fsp3) is 0.417. The fourth-order valence-corrected chi connectivity index (χ4v) is 2.71. The predicted molar refractivity (Wildman–Crippen MR) is 64.8 cm³/mol. The van der Waals surface area contributed by atoms with Gasteiger partial charge in [-0.1, -0.05) is 19.1 Å². The Morgan fingerprint density at radius 1 is 1.29 bits per heavy atom. The van der Waals surface area contributed by atoms with E-state index in [-0.39, 0.29) is 5.91 Å². The van der Waals surface area contributed by atoms with Crippen LogP contribution in [0.1, 0.15) is 32.3 Å². The molecule has 2 aromatic rings. The minimum absolute atomic E-state index is 0.0955. The van der Waals surface area contributed by atoms with E-state index in [1.54, 1.807) is 0 Å². The molecular formula is C12H14N4O. The lowest BCUT2D eigenvalue weighted by molar-refractivity contribution is -0.121. The molecule has 2 N–H and O–H groups in total. The van der Waals surface area contributed by atoms with Crippen LogP contribution in [0.15, 0.2) is 12.1 Å². The summed E-state index contributed by atoms with van der Waals surface area (Å²) in [6.07, 6.45) is 1.60. The second kappa shape index (κ2) is 3.29. The van der Waals surface area contributed by atoms with Crippen molar-refractivity contribution in [1.82, 2.24) is 15.4 Å². The number of aromatic amines is 1. The first-order chi connectivity index (χ1) is 8.21. The van der Waals surface area contributed by atoms with Gasteiger partial charge in [-0.05, 0) is 30.5 Å². The zero-order valence-electron chi connectivity index (χ0n) is 9.87. The van der Waals surface area contributed by atoms with Crippen molar-refractivity contribution in [1.29, 1.82) is 0 Å². The van der Waals surface area contributed by atoms with Crippen LogP contribution in [0.2, 0.25) is 0 Å². The van der Waals surface area contributed by atoms with Crippen LogP contribution in [0.4, 0.5) is 5.69 Å². The van der Waals surface area contributed by atoms with Gasteiger partial charge in [-0.2, -0.15) is 0 Å². The number of nitrogens with one attached hydrogen (secondary N) is 2. The number of rotatable bonds is 2. The number of carbonyl (C=O) groups excluding carboxylic acids is 1. The third kappa shape index (κ3) is 1.16. The van der Waals surface area contributed by atoms with Crippen LogP contribution in [0, 0.1) is 0 Å². The highest BCUT2D eigenvalue weighted by Crippen LogP contribution is 2.43. The Bertz CT molecular complexity index is 598. The van der Waals surface area contributed by atoms with Gasteiger partial charge in [0.25, 0.3) is 0 Å². The highest BCUT2D eigenvalue weighted by Gasteiger charge is 2.44. The number of aromatic nitrogens is 3. The second-order valence-electron chi connectivity index (χ2n) is 4.47. The summed E-state index contributed by atoms with van der Waals surface area (Å²) in [6.45, 7) is 4.10. The van der Waals surface area contributed by atoms with Gasteiger partial charge in [0.15, 0.2) is 0 Å². The van der Waals surface area contributed by atoms with Gasteiger partial charge in [-0.3, -0.25) is 9.89 Å². The molecule has 1 aromatic heterocycles. The van der Waals surface area contributed by atoms with E-state index in [4.69, 9.17) is 0 Å².